The molecule has 0 bridgehead atoms. The quantitative estimate of drug-likeness (QED) is 0.545. The Morgan fingerprint density at radius 2 is 1.96 bits per heavy atom. The van der Waals surface area contributed by atoms with Crippen molar-refractivity contribution in [3.05, 3.63) is 60.4 Å². The summed E-state index contributed by atoms with van der Waals surface area (Å²) in [4.78, 5) is 12.5. The summed E-state index contributed by atoms with van der Waals surface area (Å²) in [5, 5.41) is 4.19. The molecule has 0 aliphatic carbocycles. The van der Waals surface area contributed by atoms with Gasteiger partial charge in [0.2, 0.25) is 0 Å². The van der Waals surface area contributed by atoms with Crippen LogP contribution in [0.3, 0.4) is 0 Å². The van der Waals surface area contributed by atoms with Gasteiger partial charge >= 0.3 is 0 Å². The van der Waals surface area contributed by atoms with E-state index in [0.717, 1.165) is 48.5 Å². The molecule has 0 atom stereocenters. The molecule has 0 aliphatic rings. The van der Waals surface area contributed by atoms with Gasteiger partial charge in [-0.05, 0) is 36.2 Å². The van der Waals surface area contributed by atoms with Crippen molar-refractivity contribution < 1.29 is 4.74 Å². The Kier molecular flexibility index (Phi) is 7.33. The van der Waals surface area contributed by atoms with Gasteiger partial charge in [0.1, 0.15) is 5.82 Å². The fourth-order valence-corrected chi connectivity index (χ4v) is 3.71. The van der Waals surface area contributed by atoms with Gasteiger partial charge in [-0.1, -0.05) is 48.6 Å². The first-order valence-corrected chi connectivity index (χ1v) is 10.0. The second kappa shape index (κ2) is 10.2. The molecule has 3 aromatic rings. The molecule has 5 nitrogen and oxygen atoms in total. The van der Waals surface area contributed by atoms with Crippen molar-refractivity contribution in [1.29, 1.82) is 0 Å². The van der Waals surface area contributed by atoms with Crippen LogP contribution in [-0.2, 0) is 11.3 Å². The second-order valence-electron chi connectivity index (χ2n) is 6.34. The first-order chi connectivity index (χ1) is 13.3. The van der Waals surface area contributed by atoms with Crippen molar-refractivity contribution >= 4 is 22.3 Å². The number of aromatic nitrogens is 2. The molecule has 0 radical (unpaired) electrons. The van der Waals surface area contributed by atoms with Crippen molar-refractivity contribution in [2.45, 2.75) is 19.9 Å². The van der Waals surface area contributed by atoms with Crippen LogP contribution < -0.4 is 5.32 Å². The summed E-state index contributed by atoms with van der Waals surface area (Å²) in [6.07, 6.45) is 4.88. The number of hydrogen-bond donors (Lipinski definition) is 1. The van der Waals surface area contributed by atoms with E-state index in [9.17, 15) is 0 Å². The van der Waals surface area contributed by atoms with Crippen LogP contribution in [0.4, 0.5) is 10.9 Å². The van der Waals surface area contributed by atoms with Crippen molar-refractivity contribution in [2.75, 3.05) is 32.1 Å². The minimum atomic E-state index is 0.748. The standard InChI is InChI=1S/C21H26N4OS/c1-3-11-25(12-13-26-2)16-17-9-10-22-20(14-17)24-21-23-15-19(27-21)18-7-5-4-6-8-18/h4-10,14-15H,3,11-13,16H2,1-2H3,(H,22,23,24). The van der Waals surface area contributed by atoms with Crippen LogP contribution in [0, 0.1) is 0 Å². The number of rotatable bonds is 10. The third-order valence-electron chi connectivity index (χ3n) is 4.18. The molecule has 3 rings (SSSR count). The number of hydrogen-bond acceptors (Lipinski definition) is 6. The van der Waals surface area contributed by atoms with E-state index >= 15 is 0 Å². The smallest absolute Gasteiger partial charge is 0.188 e. The highest BCUT2D eigenvalue weighted by atomic mass is 32.1. The van der Waals surface area contributed by atoms with Crippen LogP contribution in [0.5, 0.6) is 0 Å². The van der Waals surface area contributed by atoms with Crippen LogP contribution in [0.25, 0.3) is 10.4 Å². The number of benzene rings is 1. The Labute approximate surface area is 165 Å². The zero-order chi connectivity index (χ0) is 18.9. The monoisotopic (exact) mass is 382 g/mol. The highest BCUT2D eigenvalue weighted by Gasteiger charge is 2.08. The first kappa shape index (κ1) is 19.5. The van der Waals surface area contributed by atoms with Gasteiger partial charge in [-0.25, -0.2) is 9.97 Å². The molecule has 0 saturated carbocycles. The maximum Gasteiger partial charge on any atom is 0.188 e. The van der Waals surface area contributed by atoms with Crippen LogP contribution in [0.2, 0.25) is 0 Å². The number of methoxy groups -OCH3 is 1. The summed E-state index contributed by atoms with van der Waals surface area (Å²) in [6.45, 7) is 5.83. The molecule has 0 saturated heterocycles. The molecule has 0 amide bonds. The second-order valence-corrected chi connectivity index (χ2v) is 7.37. The van der Waals surface area contributed by atoms with E-state index in [2.05, 4.69) is 51.4 Å². The largest absolute Gasteiger partial charge is 0.383 e. The van der Waals surface area contributed by atoms with Crippen molar-refractivity contribution in [3.63, 3.8) is 0 Å². The summed E-state index contributed by atoms with van der Waals surface area (Å²) in [6, 6.07) is 14.5. The number of nitrogens with one attached hydrogen (secondary N) is 1. The summed E-state index contributed by atoms with van der Waals surface area (Å²) in [5.74, 6) is 0.824. The van der Waals surface area contributed by atoms with Crippen LogP contribution in [0.15, 0.2) is 54.9 Å². The summed E-state index contributed by atoms with van der Waals surface area (Å²) >= 11 is 1.63. The minimum Gasteiger partial charge on any atom is -0.383 e. The van der Waals surface area contributed by atoms with E-state index in [4.69, 9.17) is 4.74 Å². The van der Waals surface area contributed by atoms with E-state index in [1.807, 2.05) is 30.6 Å². The lowest BCUT2D eigenvalue weighted by Crippen LogP contribution is -2.27. The first-order valence-electron chi connectivity index (χ1n) is 9.23. The summed E-state index contributed by atoms with van der Waals surface area (Å²) in [7, 11) is 1.75. The van der Waals surface area contributed by atoms with Crippen LogP contribution in [-0.4, -0.2) is 41.7 Å². The molecule has 142 valence electrons. The normalized spacial score (nSPS) is 11.1. The lowest BCUT2D eigenvalue weighted by Gasteiger charge is -2.21. The predicted molar refractivity (Wildman–Crippen MR) is 113 cm³/mol. The molecule has 2 heterocycles. The third kappa shape index (κ3) is 5.85. The Hall–Kier alpha value is -2.28. The molecule has 0 fully saturated rings. The molecule has 27 heavy (non-hydrogen) atoms. The van der Waals surface area contributed by atoms with Crippen LogP contribution >= 0.6 is 11.3 Å². The molecule has 0 spiro atoms. The number of nitrogens with zero attached hydrogens (tertiary/aromatic N) is 3. The highest BCUT2D eigenvalue weighted by Crippen LogP contribution is 2.30. The SMILES string of the molecule is CCCN(CCOC)Cc1ccnc(Nc2ncc(-c3ccccc3)s2)c1. The molecule has 6 heteroatoms. The molecule has 1 aromatic carbocycles. The zero-order valence-corrected chi connectivity index (χ0v) is 16.7. The van der Waals surface area contributed by atoms with Gasteiger partial charge in [0.25, 0.3) is 0 Å². The predicted octanol–water partition coefficient (Wildman–Crippen LogP) is 4.81. The third-order valence-corrected chi connectivity index (χ3v) is 5.14. The van der Waals surface area contributed by atoms with Crippen molar-refractivity contribution in [3.8, 4) is 10.4 Å². The van der Waals surface area contributed by atoms with Gasteiger partial charge in [0.15, 0.2) is 5.13 Å². The molecular weight excluding hydrogens is 356 g/mol. The number of anilines is 2. The molecule has 0 unspecified atom stereocenters. The molecule has 0 aliphatic heterocycles. The molecule has 1 N–H and O–H groups in total. The Morgan fingerprint density at radius 1 is 1.11 bits per heavy atom. The van der Waals surface area contributed by atoms with E-state index in [-0.39, 0.29) is 0 Å². The van der Waals surface area contributed by atoms with E-state index in [1.165, 1.54) is 11.1 Å². The Bertz CT molecular complexity index is 822. The van der Waals surface area contributed by atoms with Gasteiger partial charge in [0.05, 0.1) is 11.5 Å². The van der Waals surface area contributed by atoms with Gasteiger partial charge in [-0.15, -0.1) is 0 Å². The summed E-state index contributed by atoms with van der Waals surface area (Å²) in [5.41, 5.74) is 2.41. The highest BCUT2D eigenvalue weighted by molar-refractivity contribution is 7.18. The van der Waals surface area contributed by atoms with Gasteiger partial charge in [-0.2, -0.15) is 0 Å². The van der Waals surface area contributed by atoms with Crippen LogP contribution in [0.1, 0.15) is 18.9 Å². The summed E-state index contributed by atoms with van der Waals surface area (Å²) < 4.78 is 5.22. The maximum absolute atomic E-state index is 5.22. The number of ether oxygens (including phenoxy) is 1. The van der Waals surface area contributed by atoms with E-state index < -0.39 is 0 Å². The number of thiazole rings is 1. The Morgan fingerprint density at radius 3 is 2.74 bits per heavy atom. The van der Waals surface area contributed by atoms with E-state index in [0.29, 0.717) is 0 Å². The topological polar surface area (TPSA) is 50.3 Å². The number of pyridine rings is 1. The lowest BCUT2D eigenvalue weighted by atomic mass is 10.2. The fraction of sp³-hybridized carbons (Fsp3) is 0.333. The molecular formula is C21H26N4OS. The fourth-order valence-electron chi connectivity index (χ4n) is 2.88. The lowest BCUT2D eigenvalue weighted by molar-refractivity contribution is 0.144. The minimum absolute atomic E-state index is 0.748. The molecule has 2 aromatic heterocycles. The average molecular weight is 383 g/mol. The Balaban J connectivity index is 1.66. The van der Waals surface area contributed by atoms with Crippen molar-refractivity contribution in [2.24, 2.45) is 0 Å². The van der Waals surface area contributed by atoms with Gasteiger partial charge < -0.3 is 10.1 Å². The maximum atomic E-state index is 5.22. The van der Waals surface area contributed by atoms with Gasteiger partial charge in [0, 0.05) is 32.6 Å². The zero-order valence-electron chi connectivity index (χ0n) is 15.9. The average Bonchev–Trinajstić information content (AvgIpc) is 3.16. The van der Waals surface area contributed by atoms with E-state index in [1.54, 1.807) is 18.4 Å². The van der Waals surface area contributed by atoms with Crippen molar-refractivity contribution in [1.82, 2.24) is 14.9 Å². The van der Waals surface area contributed by atoms with Gasteiger partial charge in [-0.3, -0.25) is 4.90 Å².